The Morgan fingerprint density at radius 1 is 1.46 bits per heavy atom. The molecule has 0 atom stereocenters. The SMILES string of the molecule is C=CCCCc1cc(F)ccc1C. The van der Waals surface area contributed by atoms with Crippen LogP contribution in [0.3, 0.4) is 0 Å². The van der Waals surface area contributed by atoms with Gasteiger partial charge in [0.2, 0.25) is 0 Å². The molecule has 1 heteroatoms. The third-order valence-electron chi connectivity index (χ3n) is 2.17. The Bertz CT molecular complexity index is 289. The molecule has 70 valence electrons. The van der Waals surface area contributed by atoms with Crippen LogP contribution in [0.25, 0.3) is 0 Å². The first-order valence-corrected chi connectivity index (χ1v) is 4.60. The van der Waals surface area contributed by atoms with Gasteiger partial charge in [-0.05, 0) is 49.4 Å². The van der Waals surface area contributed by atoms with Gasteiger partial charge in [0, 0.05) is 0 Å². The predicted octanol–water partition coefficient (Wildman–Crippen LogP) is 3.64. The van der Waals surface area contributed by atoms with Crippen molar-refractivity contribution < 1.29 is 4.39 Å². The first-order valence-electron chi connectivity index (χ1n) is 4.60. The van der Waals surface area contributed by atoms with Crippen LogP contribution in [0.5, 0.6) is 0 Å². The topological polar surface area (TPSA) is 0 Å². The van der Waals surface area contributed by atoms with Crippen LogP contribution in [-0.2, 0) is 6.42 Å². The van der Waals surface area contributed by atoms with Crippen molar-refractivity contribution in [3.05, 3.63) is 47.8 Å². The molecular formula is C12H15F. The van der Waals surface area contributed by atoms with Crippen LogP contribution < -0.4 is 0 Å². The summed E-state index contributed by atoms with van der Waals surface area (Å²) in [6.07, 6.45) is 4.88. The Hall–Kier alpha value is -1.11. The standard InChI is InChI=1S/C12H15F/c1-3-4-5-6-11-9-12(13)8-7-10(11)2/h3,7-9H,1,4-6H2,2H3. The van der Waals surface area contributed by atoms with Crippen LogP contribution in [0.2, 0.25) is 0 Å². The number of aryl methyl sites for hydroxylation is 2. The highest BCUT2D eigenvalue weighted by atomic mass is 19.1. The van der Waals surface area contributed by atoms with E-state index in [0.29, 0.717) is 0 Å². The maximum atomic E-state index is 12.8. The summed E-state index contributed by atoms with van der Waals surface area (Å²) in [5, 5.41) is 0. The first-order chi connectivity index (χ1) is 6.24. The van der Waals surface area contributed by atoms with Crippen molar-refractivity contribution in [1.29, 1.82) is 0 Å². The molecule has 0 bridgehead atoms. The summed E-state index contributed by atoms with van der Waals surface area (Å²) in [5.74, 6) is -0.140. The van der Waals surface area contributed by atoms with Gasteiger partial charge >= 0.3 is 0 Å². The summed E-state index contributed by atoms with van der Waals surface area (Å²) < 4.78 is 12.8. The zero-order chi connectivity index (χ0) is 9.68. The van der Waals surface area contributed by atoms with E-state index in [-0.39, 0.29) is 5.82 Å². The van der Waals surface area contributed by atoms with Crippen LogP contribution in [0.1, 0.15) is 24.0 Å². The molecule has 0 saturated carbocycles. The molecule has 0 N–H and O–H groups in total. The van der Waals surface area contributed by atoms with Gasteiger partial charge in [-0.1, -0.05) is 12.1 Å². The molecule has 1 aromatic rings. The molecule has 0 fully saturated rings. The van der Waals surface area contributed by atoms with Gasteiger partial charge in [0.15, 0.2) is 0 Å². The summed E-state index contributed by atoms with van der Waals surface area (Å²) in [6, 6.07) is 4.96. The molecule has 0 aliphatic rings. The van der Waals surface area contributed by atoms with Gasteiger partial charge in [-0.3, -0.25) is 0 Å². The fourth-order valence-corrected chi connectivity index (χ4v) is 1.35. The van der Waals surface area contributed by atoms with E-state index in [1.807, 2.05) is 19.1 Å². The number of halogens is 1. The maximum absolute atomic E-state index is 12.8. The van der Waals surface area contributed by atoms with E-state index in [1.54, 1.807) is 6.07 Å². The highest BCUT2D eigenvalue weighted by Gasteiger charge is 1.99. The Balaban J connectivity index is 2.64. The summed E-state index contributed by atoms with van der Waals surface area (Å²) >= 11 is 0. The molecule has 13 heavy (non-hydrogen) atoms. The van der Waals surface area contributed by atoms with Gasteiger partial charge in [0.05, 0.1) is 0 Å². The van der Waals surface area contributed by atoms with Crippen molar-refractivity contribution in [2.75, 3.05) is 0 Å². The summed E-state index contributed by atoms with van der Waals surface area (Å²) in [6.45, 7) is 5.67. The minimum Gasteiger partial charge on any atom is -0.207 e. The zero-order valence-corrected chi connectivity index (χ0v) is 8.02. The van der Waals surface area contributed by atoms with Crippen molar-refractivity contribution in [3.63, 3.8) is 0 Å². The van der Waals surface area contributed by atoms with E-state index in [9.17, 15) is 4.39 Å². The van der Waals surface area contributed by atoms with Crippen molar-refractivity contribution in [1.82, 2.24) is 0 Å². The Labute approximate surface area is 79.1 Å². The number of rotatable bonds is 4. The minimum absolute atomic E-state index is 0.140. The molecule has 0 saturated heterocycles. The van der Waals surface area contributed by atoms with Crippen molar-refractivity contribution in [2.24, 2.45) is 0 Å². The van der Waals surface area contributed by atoms with E-state index >= 15 is 0 Å². The number of benzene rings is 1. The van der Waals surface area contributed by atoms with Crippen LogP contribution in [0.15, 0.2) is 30.9 Å². The first kappa shape index (κ1) is 9.97. The molecular weight excluding hydrogens is 163 g/mol. The molecule has 0 unspecified atom stereocenters. The summed E-state index contributed by atoms with van der Waals surface area (Å²) in [7, 11) is 0. The van der Waals surface area contributed by atoms with Crippen LogP contribution in [0.4, 0.5) is 4.39 Å². The van der Waals surface area contributed by atoms with Crippen LogP contribution in [-0.4, -0.2) is 0 Å². The second kappa shape index (κ2) is 4.80. The number of hydrogen-bond acceptors (Lipinski definition) is 0. The quantitative estimate of drug-likeness (QED) is 0.487. The molecule has 0 amide bonds. The molecule has 0 nitrogen and oxygen atoms in total. The van der Waals surface area contributed by atoms with Gasteiger partial charge < -0.3 is 0 Å². The lowest BCUT2D eigenvalue weighted by atomic mass is 10.0. The minimum atomic E-state index is -0.140. The van der Waals surface area contributed by atoms with Gasteiger partial charge in [-0.2, -0.15) is 0 Å². The van der Waals surface area contributed by atoms with E-state index in [4.69, 9.17) is 0 Å². The van der Waals surface area contributed by atoms with Crippen molar-refractivity contribution in [3.8, 4) is 0 Å². The Morgan fingerprint density at radius 2 is 2.23 bits per heavy atom. The predicted molar refractivity (Wildman–Crippen MR) is 54.3 cm³/mol. The molecule has 1 aromatic carbocycles. The largest absolute Gasteiger partial charge is 0.207 e. The van der Waals surface area contributed by atoms with Gasteiger partial charge in [0.1, 0.15) is 5.82 Å². The monoisotopic (exact) mass is 178 g/mol. The molecule has 0 heterocycles. The normalized spacial score (nSPS) is 10.0. The third-order valence-corrected chi connectivity index (χ3v) is 2.17. The van der Waals surface area contributed by atoms with E-state index in [2.05, 4.69) is 6.58 Å². The molecule has 0 radical (unpaired) electrons. The maximum Gasteiger partial charge on any atom is 0.123 e. The third kappa shape index (κ3) is 3.02. The number of unbranched alkanes of at least 4 members (excludes halogenated alkanes) is 1. The smallest absolute Gasteiger partial charge is 0.123 e. The summed E-state index contributed by atoms with van der Waals surface area (Å²) in [5.41, 5.74) is 2.28. The lowest BCUT2D eigenvalue weighted by Gasteiger charge is -2.04. The Kier molecular flexibility index (Phi) is 3.69. The van der Waals surface area contributed by atoms with E-state index in [1.165, 1.54) is 11.6 Å². The van der Waals surface area contributed by atoms with Crippen molar-refractivity contribution >= 4 is 0 Å². The van der Waals surface area contributed by atoms with Crippen LogP contribution >= 0.6 is 0 Å². The van der Waals surface area contributed by atoms with Gasteiger partial charge in [-0.25, -0.2) is 4.39 Å². The lowest BCUT2D eigenvalue weighted by molar-refractivity contribution is 0.624. The van der Waals surface area contributed by atoms with Gasteiger partial charge in [-0.15, -0.1) is 6.58 Å². The molecule has 0 aromatic heterocycles. The average Bonchev–Trinajstić information content (AvgIpc) is 2.11. The second-order valence-electron chi connectivity index (χ2n) is 3.25. The molecule has 0 aliphatic heterocycles. The lowest BCUT2D eigenvalue weighted by Crippen LogP contribution is -1.90. The molecule has 0 spiro atoms. The van der Waals surface area contributed by atoms with Gasteiger partial charge in [0.25, 0.3) is 0 Å². The number of hydrogen-bond donors (Lipinski definition) is 0. The van der Waals surface area contributed by atoms with Crippen LogP contribution in [0, 0.1) is 12.7 Å². The van der Waals surface area contributed by atoms with E-state index in [0.717, 1.165) is 24.8 Å². The zero-order valence-electron chi connectivity index (χ0n) is 8.02. The molecule has 0 aliphatic carbocycles. The molecule has 1 rings (SSSR count). The average molecular weight is 178 g/mol. The number of allylic oxidation sites excluding steroid dienone is 1. The Morgan fingerprint density at radius 3 is 2.92 bits per heavy atom. The highest BCUT2D eigenvalue weighted by molar-refractivity contribution is 5.26. The van der Waals surface area contributed by atoms with Crippen molar-refractivity contribution in [2.45, 2.75) is 26.2 Å². The highest BCUT2D eigenvalue weighted by Crippen LogP contribution is 2.13. The second-order valence-corrected chi connectivity index (χ2v) is 3.25. The summed E-state index contributed by atoms with van der Waals surface area (Å²) in [4.78, 5) is 0. The fraction of sp³-hybridized carbons (Fsp3) is 0.333. The fourth-order valence-electron chi connectivity index (χ4n) is 1.35. The van der Waals surface area contributed by atoms with E-state index < -0.39 is 0 Å².